The monoisotopic (exact) mass is 479 g/mol. The molecule has 0 saturated carbocycles. The lowest BCUT2D eigenvalue weighted by Gasteiger charge is -2.40. The number of rotatable bonds is 6. The second kappa shape index (κ2) is 9.11. The summed E-state index contributed by atoms with van der Waals surface area (Å²) in [5, 5.41) is 7.54. The number of benzene rings is 3. The van der Waals surface area contributed by atoms with Crippen LogP contribution >= 0.6 is 11.6 Å². The minimum atomic E-state index is -0.707. The van der Waals surface area contributed by atoms with E-state index in [1.807, 2.05) is 70.3 Å². The summed E-state index contributed by atoms with van der Waals surface area (Å²) in [6, 6.07) is 15.6. The minimum absolute atomic E-state index is 0.00963. The van der Waals surface area contributed by atoms with Crippen molar-refractivity contribution in [3.05, 3.63) is 64.7 Å². The minimum Gasteiger partial charge on any atom is -0.496 e. The molecular weight excluding hydrogens is 450 g/mol. The van der Waals surface area contributed by atoms with Crippen LogP contribution in [0, 0.1) is 6.92 Å². The zero-order chi connectivity index (χ0) is 24.6. The zero-order valence-electron chi connectivity index (χ0n) is 20.4. The van der Waals surface area contributed by atoms with Gasteiger partial charge in [0, 0.05) is 29.7 Å². The molecule has 0 atom stereocenters. The highest BCUT2D eigenvalue weighted by Gasteiger charge is 2.38. The van der Waals surface area contributed by atoms with Gasteiger partial charge in [-0.15, -0.1) is 0 Å². The summed E-state index contributed by atoms with van der Waals surface area (Å²) >= 11 is 6.37. The van der Waals surface area contributed by atoms with Gasteiger partial charge in [-0.05, 0) is 68.3 Å². The summed E-state index contributed by atoms with van der Waals surface area (Å²) in [7, 11) is 5.11. The fourth-order valence-electron chi connectivity index (χ4n) is 4.50. The Morgan fingerprint density at radius 1 is 1.00 bits per heavy atom. The van der Waals surface area contributed by atoms with Gasteiger partial charge in [-0.25, -0.2) is 0 Å². The number of fused-ring (bicyclic) bond motifs is 1. The summed E-state index contributed by atoms with van der Waals surface area (Å²) in [6.45, 7) is 6.26. The van der Waals surface area contributed by atoms with Crippen LogP contribution in [0.3, 0.4) is 0 Å². The molecule has 6 nitrogen and oxygen atoms in total. The summed E-state index contributed by atoms with van der Waals surface area (Å²) in [4.78, 5) is 14.9. The van der Waals surface area contributed by atoms with Crippen molar-refractivity contribution < 1.29 is 14.3 Å². The first kappa shape index (κ1) is 23.8. The SMILES string of the molecule is COc1ccc(C)cc1NCc1c(-c2cc(Cl)ccc2OC)ccc2c1N(C)C(=O)C(C)(C)N2. The van der Waals surface area contributed by atoms with Crippen LogP contribution in [0.4, 0.5) is 17.1 Å². The number of aryl methyl sites for hydroxylation is 1. The highest BCUT2D eigenvalue weighted by atomic mass is 35.5. The fraction of sp³-hybridized carbons (Fsp3) is 0.296. The van der Waals surface area contributed by atoms with E-state index in [1.165, 1.54) is 0 Å². The Kier molecular flexibility index (Phi) is 6.36. The van der Waals surface area contributed by atoms with Gasteiger partial charge in [0.2, 0.25) is 0 Å². The quantitative estimate of drug-likeness (QED) is 0.446. The standard InChI is InChI=1S/C27H30ClN3O3/c1-16-7-11-24(34-6)22(13-16)29-15-20-18(19-14-17(28)8-12-23(19)33-5)9-10-21-25(20)31(4)26(32)27(2,3)30-21/h7-14,29-30H,15H2,1-6H3. The van der Waals surface area contributed by atoms with Crippen LogP contribution in [-0.4, -0.2) is 32.7 Å². The van der Waals surface area contributed by atoms with E-state index in [-0.39, 0.29) is 5.91 Å². The number of methoxy groups -OCH3 is 2. The van der Waals surface area contributed by atoms with Crippen molar-refractivity contribution in [2.45, 2.75) is 32.9 Å². The van der Waals surface area contributed by atoms with Gasteiger partial charge in [0.05, 0.1) is 31.3 Å². The van der Waals surface area contributed by atoms with Crippen LogP contribution in [0.1, 0.15) is 25.0 Å². The molecule has 0 fully saturated rings. The number of carbonyl (C=O) groups excluding carboxylic acids is 1. The number of halogens is 1. The topological polar surface area (TPSA) is 62.8 Å². The maximum Gasteiger partial charge on any atom is 0.251 e. The lowest BCUT2D eigenvalue weighted by atomic mass is 9.91. The summed E-state index contributed by atoms with van der Waals surface area (Å²) < 4.78 is 11.2. The largest absolute Gasteiger partial charge is 0.496 e. The predicted molar refractivity (Wildman–Crippen MR) is 140 cm³/mol. The van der Waals surface area contributed by atoms with Crippen molar-refractivity contribution in [1.82, 2.24) is 0 Å². The average Bonchev–Trinajstić information content (AvgIpc) is 2.81. The van der Waals surface area contributed by atoms with Gasteiger partial charge >= 0.3 is 0 Å². The van der Waals surface area contributed by atoms with Crippen molar-refractivity contribution in [3.8, 4) is 22.6 Å². The number of ether oxygens (including phenoxy) is 2. The van der Waals surface area contributed by atoms with E-state index < -0.39 is 5.54 Å². The third-order valence-corrected chi connectivity index (χ3v) is 6.40. The molecule has 0 spiro atoms. The molecule has 1 aliphatic rings. The Balaban J connectivity index is 1.90. The molecule has 2 N–H and O–H groups in total. The van der Waals surface area contributed by atoms with Gasteiger partial charge in [-0.3, -0.25) is 4.79 Å². The van der Waals surface area contributed by atoms with E-state index in [2.05, 4.69) is 10.6 Å². The van der Waals surface area contributed by atoms with Crippen molar-refractivity contribution in [3.63, 3.8) is 0 Å². The van der Waals surface area contributed by atoms with Crippen LogP contribution in [0.2, 0.25) is 5.02 Å². The lowest BCUT2D eigenvalue weighted by molar-refractivity contribution is -0.121. The van der Waals surface area contributed by atoms with Crippen LogP contribution in [-0.2, 0) is 11.3 Å². The highest BCUT2D eigenvalue weighted by molar-refractivity contribution is 6.31. The first-order chi connectivity index (χ1) is 16.2. The maximum absolute atomic E-state index is 13.2. The van der Waals surface area contributed by atoms with Gasteiger partial charge in [-0.1, -0.05) is 23.7 Å². The van der Waals surface area contributed by atoms with Crippen LogP contribution < -0.4 is 25.0 Å². The van der Waals surface area contributed by atoms with Crippen LogP contribution in [0.25, 0.3) is 11.1 Å². The van der Waals surface area contributed by atoms with E-state index in [9.17, 15) is 4.79 Å². The number of carbonyl (C=O) groups is 1. The van der Waals surface area contributed by atoms with E-state index >= 15 is 0 Å². The Morgan fingerprint density at radius 3 is 2.41 bits per heavy atom. The van der Waals surface area contributed by atoms with Gasteiger partial charge in [0.25, 0.3) is 5.91 Å². The summed E-state index contributed by atoms with van der Waals surface area (Å²) in [5.41, 5.74) is 5.73. The normalized spacial score (nSPS) is 14.3. The molecule has 34 heavy (non-hydrogen) atoms. The number of nitrogens with zero attached hydrogens (tertiary/aromatic N) is 1. The number of hydrogen-bond donors (Lipinski definition) is 2. The molecule has 4 rings (SSSR count). The van der Waals surface area contributed by atoms with E-state index in [0.29, 0.717) is 17.3 Å². The smallest absolute Gasteiger partial charge is 0.251 e. The molecule has 0 aromatic heterocycles. The van der Waals surface area contributed by atoms with Crippen LogP contribution in [0.15, 0.2) is 48.5 Å². The molecule has 0 aliphatic carbocycles. The van der Waals surface area contributed by atoms with Crippen molar-refractivity contribution in [2.24, 2.45) is 0 Å². The first-order valence-corrected chi connectivity index (χ1v) is 11.5. The molecule has 0 saturated heterocycles. The third kappa shape index (κ3) is 4.26. The van der Waals surface area contributed by atoms with Gasteiger partial charge in [0.15, 0.2) is 0 Å². The van der Waals surface area contributed by atoms with Gasteiger partial charge in [-0.2, -0.15) is 0 Å². The predicted octanol–water partition coefficient (Wildman–Crippen LogP) is 6.11. The van der Waals surface area contributed by atoms with E-state index in [1.54, 1.807) is 25.2 Å². The Morgan fingerprint density at radius 2 is 1.71 bits per heavy atom. The lowest BCUT2D eigenvalue weighted by Crippen LogP contribution is -2.52. The molecule has 0 unspecified atom stereocenters. The molecular formula is C27H30ClN3O3. The van der Waals surface area contributed by atoms with E-state index in [0.717, 1.165) is 45.1 Å². The maximum atomic E-state index is 13.2. The Hall–Kier alpha value is -3.38. The van der Waals surface area contributed by atoms with Gasteiger partial charge in [0.1, 0.15) is 17.0 Å². The summed E-state index contributed by atoms with van der Waals surface area (Å²) in [5.74, 6) is 1.45. The first-order valence-electron chi connectivity index (χ1n) is 11.1. The van der Waals surface area contributed by atoms with Gasteiger partial charge < -0.3 is 25.0 Å². The number of anilines is 3. The number of nitrogens with one attached hydrogen (secondary N) is 2. The molecule has 3 aromatic carbocycles. The molecule has 0 radical (unpaired) electrons. The fourth-order valence-corrected chi connectivity index (χ4v) is 4.67. The summed E-state index contributed by atoms with van der Waals surface area (Å²) in [6.07, 6.45) is 0. The highest BCUT2D eigenvalue weighted by Crippen LogP contribution is 2.45. The molecule has 3 aromatic rings. The van der Waals surface area contributed by atoms with E-state index in [4.69, 9.17) is 21.1 Å². The number of amides is 1. The molecule has 0 bridgehead atoms. The Labute approximate surface area is 205 Å². The zero-order valence-corrected chi connectivity index (χ0v) is 21.1. The Bertz CT molecular complexity index is 1260. The van der Waals surface area contributed by atoms with Crippen molar-refractivity contribution in [1.29, 1.82) is 0 Å². The van der Waals surface area contributed by atoms with Crippen molar-refractivity contribution in [2.75, 3.05) is 36.8 Å². The number of hydrogen-bond acceptors (Lipinski definition) is 5. The molecule has 7 heteroatoms. The molecule has 178 valence electrons. The second-order valence-corrected chi connectivity index (χ2v) is 9.44. The number of likely N-dealkylation sites (N-methyl/N-ethyl adjacent to an activating group) is 1. The molecule has 1 heterocycles. The molecule has 1 amide bonds. The molecule has 1 aliphatic heterocycles. The average molecular weight is 480 g/mol. The van der Waals surface area contributed by atoms with Crippen molar-refractivity contribution >= 4 is 34.6 Å². The second-order valence-electron chi connectivity index (χ2n) is 9.00. The van der Waals surface area contributed by atoms with Crippen LogP contribution in [0.5, 0.6) is 11.5 Å². The third-order valence-electron chi connectivity index (χ3n) is 6.17.